The molecule has 4 aromatic heterocycles. The Labute approximate surface area is 393 Å². The summed E-state index contributed by atoms with van der Waals surface area (Å²) >= 11 is 0. The number of hydrogen-bond acceptors (Lipinski definition) is 10. The van der Waals surface area contributed by atoms with E-state index in [4.69, 9.17) is 29.4 Å². The van der Waals surface area contributed by atoms with Crippen molar-refractivity contribution < 1.29 is 9.47 Å². The van der Waals surface area contributed by atoms with Gasteiger partial charge in [0.1, 0.15) is 46.9 Å². The molecule has 11 rings (SSSR count). The summed E-state index contributed by atoms with van der Waals surface area (Å²) in [5.74, 6) is 4.53. The Kier molecular flexibility index (Phi) is 12.3. The Bertz CT molecular complexity index is 2890. The first-order chi connectivity index (χ1) is 33.0. The zero-order valence-electron chi connectivity index (χ0n) is 38.6. The van der Waals surface area contributed by atoms with Crippen LogP contribution < -0.4 is 20.3 Å². The minimum Gasteiger partial charge on any atom is -0.457 e. The lowest BCUT2D eigenvalue weighted by atomic mass is 9.89. The fourth-order valence-corrected chi connectivity index (χ4v) is 11.0. The number of para-hydroxylation sites is 2. The second-order valence-electron chi connectivity index (χ2n) is 18.9. The number of hydrazine groups is 1. The number of aromatic nitrogens is 6. The number of fused-ring (bicyclic) bond motifs is 2. The summed E-state index contributed by atoms with van der Waals surface area (Å²) in [7, 11) is 4.39. The molecule has 2 saturated carbocycles. The van der Waals surface area contributed by atoms with E-state index in [-0.39, 0.29) is 0 Å². The first kappa shape index (κ1) is 42.8. The lowest BCUT2D eigenvalue weighted by molar-refractivity contribution is 0.117. The average Bonchev–Trinajstić information content (AvgIpc) is 3.98. The van der Waals surface area contributed by atoms with Gasteiger partial charge in [-0.2, -0.15) is 0 Å². The highest BCUT2D eigenvalue weighted by molar-refractivity contribution is 6.04. The molecule has 1 saturated heterocycles. The normalized spacial score (nSPS) is 20.3. The van der Waals surface area contributed by atoms with Crippen LogP contribution in [0.5, 0.6) is 23.0 Å². The monoisotopic (exact) mass is 892 g/mol. The van der Waals surface area contributed by atoms with Gasteiger partial charge in [0.2, 0.25) is 0 Å². The Balaban J connectivity index is 0.940. The lowest BCUT2D eigenvalue weighted by Gasteiger charge is -2.39. The van der Waals surface area contributed by atoms with E-state index in [1.165, 1.54) is 45.2 Å². The molecule has 2 N–H and O–H groups in total. The van der Waals surface area contributed by atoms with Gasteiger partial charge in [0.15, 0.2) is 11.6 Å². The largest absolute Gasteiger partial charge is 0.457 e. The number of anilines is 2. The van der Waals surface area contributed by atoms with Gasteiger partial charge in [-0.15, -0.1) is 0 Å². The minimum absolute atomic E-state index is 0.326. The Morgan fingerprint density at radius 1 is 0.478 bits per heavy atom. The first-order valence-corrected chi connectivity index (χ1v) is 24.3. The standard InChI is InChI=1S/C55H60N10O2/c1-62(2)40-20-24-42(25-21-40)64-34-48(38-16-28-46(29-17-38)66-44-12-6-3-7-13-44)50-52(56-36-58-54(50)64)60-61-53-51-49(39-18-30-47(31-19-39)67-45-14-8-4-9-15-45)35-65(55(51)59-37-57-53)43-26-22-41(23-27-43)63-32-10-5-11-33-63/h3-4,6-9,12-19,28-31,34-37,40-43H,5,10-11,20-27,32-33H2,1-2H3,(H,56,58,60)(H,57,59,61). The van der Waals surface area contributed by atoms with Crippen LogP contribution in [0.4, 0.5) is 11.6 Å². The number of hydrogen-bond donors (Lipinski definition) is 2. The predicted octanol–water partition coefficient (Wildman–Crippen LogP) is 12.5. The van der Waals surface area contributed by atoms with Crippen LogP contribution in [-0.4, -0.2) is 78.1 Å². The molecule has 2 aliphatic carbocycles. The van der Waals surface area contributed by atoms with E-state index in [1.54, 1.807) is 12.7 Å². The Morgan fingerprint density at radius 2 is 0.896 bits per heavy atom. The molecule has 67 heavy (non-hydrogen) atoms. The van der Waals surface area contributed by atoms with E-state index < -0.39 is 0 Å². The molecule has 4 aromatic carbocycles. The van der Waals surface area contributed by atoms with Gasteiger partial charge >= 0.3 is 0 Å². The summed E-state index contributed by atoms with van der Waals surface area (Å²) < 4.78 is 17.2. The van der Waals surface area contributed by atoms with Crippen molar-refractivity contribution >= 4 is 33.7 Å². The van der Waals surface area contributed by atoms with Crippen LogP contribution in [0.3, 0.4) is 0 Å². The van der Waals surface area contributed by atoms with E-state index in [0.29, 0.717) is 35.8 Å². The fraction of sp³-hybridized carbons (Fsp3) is 0.345. The molecule has 0 spiro atoms. The number of likely N-dealkylation sites (tertiary alicyclic amines) is 1. The van der Waals surface area contributed by atoms with Crippen LogP contribution in [0.25, 0.3) is 44.3 Å². The summed E-state index contributed by atoms with van der Waals surface area (Å²) in [6.07, 6.45) is 21.1. The molecule has 5 heterocycles. The van der Waals surface area contributed by atoms with Crippen LogP contribution in [0.1, 0.15) is 82.7 Å². The van der Waals surface area contributed by atoms with Crippen molar-refractivity contribution in [3.8, 4) is 45.3 Å². The third kappa shape index (κ3) is 9.08. The Hall–Kier alpha value is -6.76. The second-order valence-corrected chi connectivity index (χ2v) is 18.9. The number of nitrogens with one attached hydrogen (secondary N) is 2. The summed E-state index contributed by atoms with van der Waals surface area (Å²) in [6, 6.07) is 38.4. The van der Waals surface area contributed by atoms with Crippen molar-refractivity contribution in [2.45, 2.75) is 94.8 Å². The topological polar surface area (TPSA) is 110 Å². The fourth-order valence-electron chi connectivity index (χ4n) is 11.0. The molecule has 0 unspecified atom stereocenters. The molecule has 342 valence electrons. The van der Waals surface area contributed by atoms with E-state index in [9.17, 15) is 0 Å². The molecule has 0 amide bonds. The molecule has 12 nitrogen and oxygen atoms in total. The molecule has 0 radical (unpaired) electrons. The zero-order valence-corrected chi connectivity index (χ0v) is 38.6. The number of piperidine rings is 1. The third-order valence-electron chi connectivity index (χ3n) is 14.6. The van der Waals surface area contributed by atoms with Gasteiger partial charge in [0, 0.05) is 47.7 Å². The lowest BCUT2D eigenvalue weighted by Crippen LogP contribution is -2.41. The molecule has 1 aliphatic heterocycles. The zero-order chi connectivity index (χ0) is 45.1. The van der Waals surface area contributed by atoms with Gasteiger partial charge in [-0.3, -0.25) is 10.9 Å². The quantitative estimate of drug-likeness (QED) is 0.109. The van der Waals surface area contributed by atoms with Crippen LogP contribution in [0, 0.1) is 0 Å². The van der Waals surface area contributed by atoms with E-state index >= 15 is 0 Å². The van der Waals surface area contributed by atoms with E-state index in [1.807, 2.05) is 84.9 Å². The second kappa shape index (κ2) is 19.2. The van der Waals surface area contributed by atoms with Gasteiger partial charge in [-0.1, -0.05) is 67.1 Å². The average molecular weight is 893 g/mol. The van der Waals surface area contributed by atoms with Crippen LogP contribution >= 0.6 is 0 Å². The smallest absolute Gasteiger partial charge is 0.158 e. The molecule has 0 atom stereocenters. The highest BCUT2D eigenvalue weighted by Gasteiger charge is 2.31. The van der Waals surface area contributed by atoms with Crippen LogP contribution in [0.2, 0.25) is 0 Å². The van der Waals surface area contributed by atoms with Gasteiger partial charge in [-0.05, 0) is 151 Å². The van der Waals surface area contributed by atoms with Crippen LogP contribution in [-0.2, 0) is 0 Å². The highest BCUT2D eigenvalue weighted by Crippen LogP contribution is 2.43. The third-order valence-corrected chi connectivity index (χ3v) is 14.6. The number of benzene rings is 4. The van der Waals surface area contributed by atoms with Gasteiger partial charge < -0.3 is 28.4 Å². The first-order valence-electron chi connectivity index (χ1n) is 24.3. The Morgan fingerprint density at radius 3 is 1.34 bits per heavy atom. The molecule has 3 fully saturated rings. The number of nitrogens with zero attached hydrogens (tertiary/aromatic N) is 8. The molecule has 3 aliphatic rings. The van der Waals surface area contributed by atoms with Crippen molar-refractivity contribution in [1.82, 2.24) is 38.9 Å². The molecular weight excluding hydrogens is 833 g/mol. The minimum atomic E-state index is 0.326. The predicted molar refractivity (Wildman–Crippen MR) is 268 cm³/mol. The van der Waals surface area contributed by atoms with Crippen LogP contribution in [0.15, 0.2) is 134 Å². The van der Waals surface area contributed by atoms with Gasteiger partial charge in [-0.25, -0.2) is 19.9 Å². The van der Waals surface area contributed by atoms with Crippen molar-refractivity contribution in [3.05, 3.63) is 134 Å². The highest BCUT2D eigenvalue weighted by atomic mass is 16.5. The maximum Gasteiger partial charge on any atom is 0.158 e. The summed E-state index contributed by atoms with van der Waals surface area (Å²) in [6.45, 7) is 2.48. The van der Waals surface area contributed by atoms with Crippen molar-refractivity contribution in [2.24, 2.45) is 0 Å². The molecular formula is C55H60N10O2. The molecule has 12 heteroatoms. The van der Waals surface area contributed by atoms with E-state index in [0.717, 1.165) is 106 Å². The van der Waals surface area contributed by atoms with E-state index in [2.05, 4.69) is 80.5 Å². The molecule has 8 aromatic rings. The van der Waals surface area contributed by atoms with Crippen molar-refractivity contribution in [2.75, 3.05) is 38.0 Å². The summed E-state index contributed by atoms with van der Waals surface area (Å²) in [5.41, 5.74) is 13.2. The van der Waals surface area contributed by atoms with Gasteiger partial charge in [0.05, 0.1) is 10.8 Å². The molecule has 0 bridgehead atoms. The number of ether oxygens (including phenoxy) is 2. The SMILES string of the molecule is CN(C)C1CCC(n2cc(-c3ccc(Oc4ccccc4)cc3)c3c(NNc4ncnc5c4c(-c4ccc(Oc6ccccc6)cc4)cn5C4CCC(N5CCCCC5)CC4)ncnc32)CC1. The maximum atomic E-state index is 6.21. The van der Waals surface area contributed by atoms with Gasteiger partial charge in [0.25, 0.3) is 0 Å². The number of rotatable bonds is 13. The van der Waals surface area contributed by atoms with Crippen molar-refractivity contribution in [3.63, 3.8) is 0 Å². The summed E-state index contributed by atoms with van der Waals surface area (Å²) in [5, 5.41) is 1.91. The summed E-state index contributed by atoms with van der Waals surface area (Å²) in [4.78, 5) is 24.9. The maximum absolute atomic E-state index is 6.21. The van der Waals surface area contributed by atoms with Crippen molar-refractivity contribution in [1.29, 1.82) is 0 Å².